The number of aromatic nitrogens is 3. The zero-order valence-corrected chi connectivity index (χ0v) is 11.4. The topological polar surface area (TPSA) is 61.9 Å². The number of hydrogen-bond acceptors (Lipinski definition) is 3. The second-order valence-corrected chi connectivity index (χ2v) is 5.24. The Morgan fingerprint density at radius 3 is 2.56 bits per heavy atom. The molecule has 0 aliphatic heterocycles. The first-order chi connectivity index (χ1) is 8.61. The summed E-state index contributed by atoms with van der Waals surface area (Å²) in [7, 11) is 1.87. The van der Waals surface area contributed by atoms with Crippen LogP contribution >= 0.6 is 0 Å². The van der Waals surface area contributed by atoms with Crippen molar-refractivity contribution >= 4 is 5.91 Å². The van der Waals surface area contributed by atoms with Gasteiger partial charge >= 0.3 is 0 Å². The summed E-state index contributed by atoms with van der Waals surface area (Å²) in [5.41, 5.74) is 0. The zero-order chi connectivity index (χ0) is 13.1. The molecule has 1 N–H and O–H groups in total. The predicted molar refractivity (Wildman–Crippen MR) is 69.3 cm³/mol. The minimum atomic E-state index is -0.0701. The molecular formula is C13H22N4O. The van der Waals surface area contributed by atoms with E-state index in [1.54, 1.807) is 6.92 Å². The zero-order valence-electron chi connectivity index (χ0n) is 11.4. The van der Waals surface area contributed by atoms with Crippen LogP contribution in [-0.2, 0) is 0 Å². The van der Waals surface area contributed by atoms with E-state index in [1.165, 1.54) is 19.3 Å². The van der Waals surface area contributed by atoms with E-state index in [1.807, 2.05) is 11.9 Å². The normalized spacial score (nSPS) is 23.9. The Hall–Kier alpha value is -1.39. The molecule has 0 spiro atoms. The lowest BCUT2D eigenvalue weighted by atomic mass is 9.84. The molecule has 18 heavy (non-hydrogen) atoms. The van der Waals surface area contributed by atoms with Crippen LogP contribution in [0, 0.1) is 12.8 Å². The van der Waals surface area contributed by atoms with Gasteiger partial charge in [-0.25, -0.2) is 4.98 Å². The van der Waals surface area contributed by atoms with Crippen LogP contribution in [0.15, 0.2) is 0 Å². The second kappa shape index (κ2) is 5.50. The molecule has 1 aromatic rings. The van der Waals surface area contributed by atoms with Gasteiger partial charge in [0.2, 0.25) is 5.82 Å². The molecule has 0 atom stereocenters. The molecule has 1 amide bonds. The van der Waals surface area contributed by atoms with E-state index in [0.717, 1.165) is 18.8 Å². The van der Waals surface area contributed by atoms with E-state index >= 15 is 0 Å². The fraction of sp³-hybridized carbons (Fsp3) is 0.769. The minimum absolute atomic E-state index is 0.0701. The summed E-state index contributed by atoms with van der Waals surface area (Å²) in [6, 6.07) is 0.346. The van der Waals surface area contributed by atoms with Crippen molar-refractivity contribution in [1.82, 2.24) is 20.1 Å². The number of rotatable bonds is 3. The smallest absolute Gasteiger partial charge is 0.293 e. The number of hydrogen-bond donors (Lipinski definition) is 1. The lowest BCUT2D eigenvalue weighted by Gasteiger charge is -2.33. The maximum Gasteiger partial charge on any atom is 0.293 e. The first-order valence-corrected chi connectivity index (χ1v) is 6.78. The van der Waals surface area contributed by atoms with Crippen LogP contribution in [0.5, 0.6) is 0 Å². The SMILES string of the molecule is CCC1CCC(N(C)C(=O)c2n[nH]c(C)n2)CC1. The highest BCUT2D eigenvalue weighted by atomic mass is 16.2. The van der Waals surface area contributed by atoms with Gasteiger partial charge in [0.25, 0.3) is 5.91 Å². The Kier molecular flexibility index (Phi) is 3.99. The number of carbonyl (C=O) groups is 1. The van der Waals surface area contributed by atoms with Gasteiger partial charge in [-0.15, -0.1) is 5.10 Å². The molecule has 1 aliphatic rings. The van der Waals surface area contributed by atoms with Crippen LogP contribution in [0.3, 0.4) is 0 Å². The Labute approximate surface area is 108 Å². The Bertz CT molecular complexity index is 407. The van der Waals surface area contributed by atoms with Crippen molar-refractivity contribution in [3.63, 3.8) is 0 Å². The highest BCUT2D eigenvalue weighted by molar-refractivity contribution is 5.90. The summed E-state index contributed by atoms with van der Waals surface area (Å²) in [5, 5.41) is 6.65. The molecule has 1 aliphatic carbocycles. The number of carbonyl (C=O) groups excluding carboxylic acids is 1. The van der Waals surface area contributed by atoms with Gasteiger partial charge in [-0.2, -0.15) is 0 Å². The van der Waals surface area contributed by atoms with Gasteiger partial charge in [0.05, 0.1) is 0 Å². The first-order valence-electron chi connectivity index (χ1n) is 6.78. The molecule has 100 valence electrons. The van der Waals surface area contributed by atoms with E-state index in [0.29, 0.717) is 11.9 Å². The summed E-state index contributed by atoms with van der Waals surface area (Å²) in [4.78, 5) is 18.1. The van der Waals surface area contributed by atoms with Crippen LogP contribution < -0.4 is 0 Å². The van der Waals surface area contributed by atoms with Crippen LogP contribution in [0.25, 0.3) is 0 Å². The Balaban J connectivity index is 1.95. The number of nitrogens with one attached hydrogen (secondary N) is 1. The summed E-state index contributed by atoms with van der Waals surface area (Å²) in [5.74, 6) is 1.74. The minimum Gasteiger partial charge on any atom is -0.336 e. The third-order valence-corrected chi connectivity index (χ3v) is 4.05. The van der Waals surface area contributed by atoms with Gasteiger partial charge in [0, 0.05) is 13.1 Å². The molecule has 0 bridgehead atoms. The molecule has 1 saturated carbocycles. The first kappa shape index (κ1) is 13.1. The summed E-state index contributed by atoms with van der Waals surface area (Å²) in [6.45, 7) is 4.05. The van der Waals surface area contributed by atoms with Gasteiger partial charge < -0.3 is 4.90 Å². The third kappa shape index (κ3) is 2.71. The van der Waals surface area contributed by atoms with E-state index in [2.05, 4.69) is 22.1 Å². The lowest BCUT2D eigenvalue weighted by Crippen LogP contribution is -2.39. The number of nitrogens with zero attached hydrogens (tertiary/aromatic N) is 3. The highest BCUT2D eigenvalue weighted by Gasteiger charge is 2.27. The largest absolute Gasteiger partial charge is 0.336 e. The van der Waals surface area contributed by atoms with Gasteiger partial charge in [0.15, 0.2) is 0 Å². The van der Waals surface area contributed by atoms with E-state index in [-0.39, 0.29) is 11.7 Å². The van der Waals surface area contributed by atoms with Crippen molar-refractivity contribution in [3.05, 3.63) is 11.6 Å². The average Bonchev–Trinajstić information content (AvgIpc) is 2.84. The second-order valence-electron chi connectivity index (χ2n) is 5.24. The molecule has 1 aromatic heterocycles. The summed E-state index contributed by atoms with van der Waals surface area (Å²) >= 11 is 0. The molecule has 0 saturated heterocycles. The number of H-pyrrole nitrogens is 1. The van der Waals surface area contributed by atoms with Crippen molar-refractivity contribution in [2.45, 2.75) is 52.0 Å². The highest BCUT2D eigenvalue weighted by Crippen LogP contribution is 2.29. The molecule has 5 heteroatoms. The Morgan fingerprint density at radius 1 is 1.39 bits per heavy atom. The van der Waals surface area contributed by atoms with Crippen LogP contribution in [-0.4, -0.2) is 39.1 Å². The summed E-state index contributed by atoms with van der Waals surface area (Å²) < 4.78 is 0. The van der Waals surface area contributed by atoms with E-state index in [9.17, 15) is 4.79 Å². The molecule has 0 aromatic carbocycles. The lowest BCUT2D eigenvalue weighted by molar-refractivity contribution is 0.0663. The maximum atomic E-state index is 12.2. The standard InChI is InChI=1S/C13H22N4O/c1-4-10-5-7-11(8-6-10)17(3)13(18)12-14-9(2)15-16-12/h10-11H,4-8H2,1-3H3,(H,14,15,16). The monoisotopic (exact) mass is 250 g/mol. The van der Waals surface area contributed by atoms with Crippen LogP contribution in [0.2, 0.25) is 0 Å². The van der Waals surface area contributed by atoms with Crippen molar-refractivity contribution < 1.29 is 4.79 Å². The quantitative estimate of drug-likeness (QED) is 0.894. The van der Waals surface area contributed by atoms with Crippen LogP contribution in [0.4, 0.5) is 0 Å². The van der Waals surface area contributed by atoms with E-state index in [4.69, 9.17) is 0 Å². The van der Waals surface area contributed by atoms with Crippen molar-refractivity contribution in [2.75, 3.05) is 7.05 Å². The van der Waals surface area contributed by atoms with Crippen molar-refractivity contribution in [1.29, 1.82) is 0 Å². The Morgan fingerprint density at radius 2 is 2.06 bits per heavy atom. The predicted octanol–water partition coefficient (Wildman–Crippen LogP) is 2.15. The molecule has 0 radical (unpaired) electrons. The van der Waals surface area contributed by atoms with Gasteiger partial charge in [-0.1, -0.05) is 13.3 Å². The fourth-order valence-corrected chi connectivity index (χ4v) is 2.70. The number of amides is 1. The molecule has 0 unspecified atom stereocenters. The van der Waals surface area contributed by atoms with Crippen molar-refractivity contribution in [3.8, 4) is 0 Å². The van der Waals surface area contributed by atoms with E-state index < -0.39 is 0 Å². The average molecular weight is 250 g/mol. The maximum absolute atomic E-state index is 12.2. The van der Waals surface area contributed by atoms with Gasteiger partial charge in [-0.05, 0) is 38.5 Å². The third-order valence-electron chi connectivity index (χ3n) is 4.05. The van der Waals surface area contributed by atoms with Crippen LogP contribution in [0.1, 0.15) is 55.5 Å². The molecule has 2 rings (SSSR count). The van der Waals surface area contributed by atoms with Crippen molar-refractivity contribution in [2.24, 2.45) is 5.92 Å². The van der Waals surface area contributed by atoms with Gasteiger partial charge in [0.1, 0.15) is 5.82 Å². The summed E-state index contributed by atoms with van der Waals surface area (Å²) in [6.07, 6.45) is 5.91. The molecular weight excluding hydrogens is 228 g/mol. The van der Waals surface area contributed by atoms with Gasteiger partial charge in [-0.3, -0.25) is 9.89 Å². The molecule has 1 heterocycles. The fourth-order valence-electron chi connectivity index (χ4n) is 2.70. The number of aromatic amines is 1. The number of aryl methyl sites for hydroxylation is 1. The molecule has 1 fully saturated rings. The molecule has 5 nitrogen and oxygen atoms in total.